The molecule has 0 bridgehead atoms. The average Bonchev–Trinajstić information content (AvgIpc) is 2.07. The lowest BCUT2D eigenvalue weighted by Crippen LogP contribution is -2.21. The lowest BCUT2D eigenvalue weighted by molar-refractivity contribution is 0.266. The first-order chi connectivity index (χ1) is 6.18. The summed E-state index contributed by atoms with van der Waals surface area (Å²) in [6.07, 6.45) is 0.756. The van der Waals surface area contributed by atoms with Gasteiger partial charge in [-0.2, -0.15) is 0 Å². The largest absolute Gasteiger partial charge is 0.492 e. The third-order valence-electron chi connectivity index (χ3n) is 2.11. The SMILES string of the molecule is N[C@H]1CCOc2c(I)cc(F)cc21. The number of hydrogen-bond acceptors (Lipinski definition) is 2. The van der Waals surface area contributed by atoms with Crippen LogP contribution >= 0.6 is 22.6 Å². The van der Waals surface area contributed by atoms with E-state index in [9.17, 15) is 4.39 Å². The third-order valence-corrected chi connectivity index (χ3v) is 2.91. The predicted molar refractivity (Wildman–Crippen MR) is 56.2 cm³/mol. The average molecular weight is 293 g/mol. The summed E-state index contributed by atoms with van der Waals surface area (Å²) in [5, 5.41) is 0. The van der Waals surface area contributed by atoms with Crippen LogP contribution in [0.15, 0.2) is 12.1 Å². The van der Waals surface area contributed by atoms with E-state index in [1.165, 1.54) is 12.1 Å². The molecule has 2 N–H and O–H groups in total. The number of ether oxygens (including phenoxy) is 1. The molecule has 0 amide bonds. The van der Waals surface area contributed by atoms with Crippen molar-refractivity contribution in [2.45, 2.75) is 12.5 Å². The second kappa shape index (κ2) is 3.42. The molecule has 1 heterocycles. The minimum Gasteiger partial charge on any atom is -0.492 e. The minimum absolute atomic E-state index is 0.0898. The van der Waals surface area contributed by atoms with Crippen LogP contribution in [-0.4, -0.2) is 6.61 Å². The maximum Gasteiger partial charge on any atom is 0.137 e. The molecule has 70 valence electrons. The van der Waals surface area contributed by atoms with Crippen LogP contribution in [0.2, 0.25) is 0 Å². The second-order valence-electron chi connectivity index (χ2n) is 3.05. The molecule has 1 aliphatic heterocycles. The second-order valence-corrected chi connectivity index (χ2v) is 4.21. The van der Waals surface area contributed by atoms with Crippen LogP contribution in [0.5, 0.6) is 5.75 Å². The molecule has 1 aromatic carbocycles. The van der Waals surface area contributed by atoms with Crippen molar-refractivity contribution in [1.29, 1.82) is 0 Å². The van der Waals surface area contributed by atoms with Crippen LogP contribution < -0.4 is 10.5 Å². The Balaban J connectivity index is 2.56. The Morgan fingerprint density at radius 3 is 3.08 bits per heavy atom. The Morgan fingerprint density at radius 1 is 1.54 bits per heavy atom. The molecule has 2 nitrogen and oxygen atoms in total. The minimum atomic E-state index is -0.246. The van der Waals surface area contributed by atoms with Crippen molar-refractivity contribution in [3.63, 3.8) is 0 Å². The Hall–Kier alpha value is -0.360. The van der Waals surface area contributed by atoms with E-state index in [4.69, 9.17) is 10.5 Å². The number of nitrogens with two attached hydrogens (primary N) is 1. The van der Waals surface area contributed by atoms with Crippen molar-refractivity contribution in [1.82, 2.24) is 0 Å². The van der Waals surface area contributed by atoms with Gasteiger partial charge in [0.1, 0.15) is 11.6 Å². The van der Waals surface area contributed by atoms with E-state index >= 15 is 0 Å². The van der Waals surface area contributed by atoms with Gasteiger partial charge in [-0.15, -0.1) is 0 Å². The molecule has 1 aliphatic rings. The molecule has 4 heteroatoms. The number of halogens is 2. The molecular formula is C9H9FINO. The third kappa shape index (κ3) is 1.65. The molecule has 13 heavy (non-hydrogen) atoms. The lowest BCUT2D eigenvalue weighted by atomic mass is 10.0. The standard InChI is InChI=1S/C9H9FINO/c10-5-3-6-8(12)1-2-13-9(6)7(11)4-5/h3-4,8H,1-2,12H2/t8-/m0/s1. The van der Waals surface area contributed by atoms with E-state index in [1.54, 1.807) is 0 Å². The maximum absolute atomic E-state index is 13.0. The number of hydrogen-bond donors (Lipinski definition) is 1. The van der Waals surface area contributed by atoms with E-state index < -0.39 is 0 Å². The topological polar surface area (TPSA) is 35.2 Å². The fraction of sp³-hybridized carbons (Fsp3) is 0.333. The monoisotopic (exact) mass is 293 g/mol. The van der Waals surface area contributed by atoms with Crippen molar-refractivity contribution in [3.05, 3.63) is 27.1 Å². The molecule has 0 fully saturated rings. The van der Waals surface area contributed by atoms with Gasteiger partial charge in [0.05, 0.1) is 10.2 Å². The highest BCUT2D eigenvalue weighted by molar-refractivity contribution is 14.1. The fourth-order valence-corrected chi connectivity index (χ4v) is 2.22. The molecule has 0 saturated carbocycles. The normalized spacial score (nSPS) is 20.7. The summed E-state index contributed by atoms with van der Waals surface area (Å²) in [6.45, 7) is 0.621. The Labute approximate surface area is 89.4 Å². The summed E-state index contributed by atoms with van der Waals surface area (Å²) in [5.74, 6) is 0.504. The summed E-state index contributed by atoms with van der Waals surface area (Å²) in [7, 11) is 0. The molecule has 1 aromatic rings. The zero-order chi connectivity index (χ0) is 9.42. The molecule has 2 rings (SSSR count). The van der Waals surface area contributed by atoms with Crippen LogP contribution in [0.25, 0.3) is 0 Å². The Kier molecular flexibility index (Phi) is 2.42. The van der Waals surface area contributed by atoms with Gasteiger partial charge in [0, 0.05) is 18.0 Å². The molecule has 0 spiro atoms. The molecule has 0 aromatic heterocycles. The number of fused-ring (bicyclic) bond motifs is 1. The van der Waals surface area contributed by atoms with Gasteiger partial charge < -0.3 is 10.5 Å². The van der Waals surface area contributed by atoms with Crippen molar-refractivity contribution < 1.29 is 9.13 Å². The first-order valence-corrected chi connectivity index (χ1v) is 5.13. The first-order valence-electron chi connectivity index (χ1n) is 4.06. The van der Waals surface area contributed by atoms with E-state index in [0.29, 0.717) is 6.61 Å². The highest BCUT2D eigenvalue weighted by atomic mass is 127. The molecular weight excluding hydrogens is 284 g/mol. The Morgan fingerprint density at radius 2 is 2.31 bits per heavy atom. The van der Waals surface area contributed by atoms with Crippen LogP contribution in [0, 0.1) is 9.39 Å². The highest BCUT2D eigenvalue weighted by Gasteiger charge is 2.21. The van der Waals surface area contributed by atoms with Gasteiger partial charge >= 0.3 is 0 Å². The van der Waals surface area contributed by atoms with Gasteiger partial charge in [-0.05, 0) is 34.7 Å². The zero-order valence-electron chi connectivity index (χ0n) is 6.89. The summed E-state index contributed by atoms with van der Waals surface area (Å²) >= 11 is 2.06. The number of rotatable bonds is 0. The molecule has 0 saturated heterocycles. The van der Waals surface area contributed by atoms with E-state index in [-0.39, 0.29) is 11.9 Å². The summed E-state index contributed by atoms with van der Waals surface area (Å²) in [6, 6.07) is 2.83. The van der Waals surface area contributed by atoms with Crippen LogP contribution in [0.3, 0.4) is 0 Å². The lowest BCUT2D eigenvalue weighted by Gasteiger charge is -2.23. The van der Waals surface area contributed by atoms with Crippen LogP contribution in [0.1, 0.15) is 18.0 Å². The van der Waals surface area contributed by atoms with E-state index in [1.807, 2.05) is 0 Å². The van der Waals surface area contributed by atoms with Gasteiger partial charge in [0.25, 0.3) is 0 Å². The molecule has 0 radical (unpaired) electrons. The summed E-state index contributed by atoms with van der Waals surface area (Å²) in [5.41, 5.74) is 6.62. The smallest absolute Gasteiger partial charge is 0.137 e. The fourth-order valence-electron chi connectivity index (χ4n) is 1.45. The van der Waals surface area contributed by atoms with Gasteiger partial charge in [0.2, 0.25) is 0 Å². The Bertz CT molecular complexity index is 343. The quantitative estimate of drug-likeness (QED) is 0.744. The first kappa shape index (κ1) is 9.21. The molecule has 0 unspecified atom stereocenters. The van der Waals surface area contributed by atoms with Crippen LogP contribution in [0.4, 0.5) is 4.39 Å². The van der Waals surface area contributed by atoms with Crippen molar-refractivity contribution in [2.75, 3.05) is 6.61 Å². The van der Waals surface area contributed by atoms with Gasteiger partial charge in [-0.25, -0.2) is 4.39 Å². The number of benzene rings is 1. The van der Waals surface area contributed by atoms with Crippen molar-refractivity contribution in [2.24, 2.45) is 5.73 Å². The van der Waals surface area contributed by atoms with E-state index in [2.05, 4.69) is 22.6 Å². The van der Waals surface area contributed by atoms with E-state index in [0.717, 1.165) is 21.3 Å². The van der Waals surface area contributed by atoms with Gasteiger partial charge in [0.15, 0.2) is 0 Å². The van der Waals surface area contributed by atoms with Gasteiger partial charge in [-0.1, -0.05) is 0 Å². The van der Waals surface area contributed by atoms with Crippen LogP contribution in [-0.2, 0) is 0 Å². The maximum atomic E-state index is 13.0. The van der Waals surface area contributed by atoms with Crippen molar-refractivity contribution in [3.8, 4) is 5.75 Å². The molecule has 0 aliphatic carbocycles. The molecule has 1 atom stereocenters. The highest BCUT2D eigenvalue weighted by Crippen LogP contribution is 2.35. The predicted octanol–water partition coefficient (Wildman–Crippen LogP) is 2.21. The van der Waals surface area contributed by atoms with Gasteiger partial charge in [-0.3, -0.25) is 0 Å². The zero-order valence-corrected chi connectivity index (χ0v) is 9.05. The summed E-state index contributed by atoms with van der Waals surface area (Å²) in [4.78, 5) is 0. The summed E-state index contributed by atoms with van der Waals surface area (Å²) < 4.78 is 19.2. The van der Waals surface area contributed by atoms with Crippen molar-refractivity contribution >= 4 is 22.6 Å².